The van der Waals surface area contributed by atoms with E-state index >= 15 is 0 Å². The summed E-state index contributed by atoms with van der Waals surface area (Å²) in [5, 5.41) is 15.7. The molecule has 0 aromatic heterocycles. The number of hydrogen-bond acceptors (Lipinski definition) is 0. The monoisotopic (exact) mass is 630 g/mol. The van der Waals surface area contributed by atoms with Crippen LogP contribution in [0.1, 0.15) is 0 Å². The van der Waals surface area contributed by atoms with Gasteiger partial charge in [-0.25, -0.2) is 0 Å². The van der Waals surface area contributed by atoms with Crippen LogP contribution in [0.5, 0.6) is 0 Å². The van der Waals surface area contributed by atoms with Crippen LogP contribution in [0.25, 0.3) is 109 Å². The molecule has 0 nitrogen and oxygen atoms in total. The van der Waals surface area contributed by atoms with Crippen molar-refractivity contribution in [3.8, 4) is 44.5 Å². The first-order valence-electron chi connectivity index (χ1n) is 17.4. The zero-order valence-electron chi connectivity index (χ0n) is 27.3. The Labute approximate surface area is 290 Å². The van der Waals surface area contributed by atoms with E-state index in [0.717, 1.165) is 0 Å². The van der Waals surface area contributed by atoms with Crippen molar-refractivity contribution in [2.24, 2.45) is 0 Å². The van der Waals surface area contributed by atoms with E-state index in [1.807, 2.05) is 0 Å². The number of benzene rings is 11. The maximum absolute atomic E-state index is 2.35. The summed E-state index contributed by atoms with van der Waals surface area (Å²) in [6.07, 6.45) is 0. The van der Waals surface area contributed by atoms with Crippen LogP contribution >= 0.6 is 0 Å². The van der Waals surface area contributed by atoms with Gasteiger partial charge in [-0.15, -0.1) is 0 Å². The van der Waals surface area contributed by atoms with E-state index in [0.29, 0.717) is 0 Å². The lowest BCUT2D eigenvalue weighted by molar-refractivity contribution is 1.57. The molecule has 0 saturated heterocycles. The highest BCUT2D eigenvalue weighted by atomic mass is 14.2. The number of hydrogen-bond donors (Lipinski definition) is 0. The fourth-order valence-corrected chi connectivity index (χ4v) is 8.79. The molecule has 0 amide bonds. The molecule has 0 aliphatic heterocycles. The molecular weight excluding hydrogens is 601 g/mol. The second-order valence-corrected chi connectivity index (χ2v) is 13.6. The summed E-state index contributed by atoms with van der Waals surface area (Å²) in [5.41, 5.74) is 10.1. The first-order valence-corrected chi connectivity index (χ1v) is 17.4. The zero-order valence-corrected chi connectivity index (χ0v) is 27.3. The molecule has 0 unspecified atom stereocenters. The standard InChI is InChI=1S/C50H30/c1-3-9-31(10-4-1)38-15-8-16-42(47(38)32-11-5-2-6-12-32)41-27-21-37-23-29-44-40(26-20-36-24-30-45(41)50(37)49(36)44)39-25-19-35-18-17-33-13-7-14-34-22-28-43(39)48(35)46(33)34/h1-30H. The van der Waals surface area contributed by atoms with Gasteiger partial charge in [0, 0.05) is 0 Å². The third-order valence-electron chi connectivity index (χ3n) is 11.0. The fourth-order valence-electron chi connectivity index (χ4n) is 8.79. The molecule has 0 heteroatoms. The molecule has 0 saturated carbocycles. The fraction of sp³-hybridized carbons (Fsp3) is 0. The van der Waals surface area contributed by atoms with E-state index in [1.54, 1.807) is 0 Å². The number of rotatable bonds is 4. The normalized spacial score (nSPS) is 12.0. The lowest BCUT2D eigenvalue weighted by Crippen LogP contribution is -1.93. The molecule has 11 aromatic rings. The van der Waals surface area contributed by atoms with Crippen LogP contribution in [0.4, 0.5) is 0 Å². The Bertz CT molecular complexity index is 3040. The summed E-state index contributed by atoms with van der Waals surface area (Å²) >= 11 is 0. The van der Waals surface area contributed by atoms with Crippen molar-refractivity contribution in [1.82, 2.24) is 0 Å². The lowest BCUT2D eigenvalue weighted by Gasteiger charge is -2.20. The van der Waals surface area contributed by atoms with Crippen molar-refractivity contribution in [1.29, 1.82) is 0 Å². The van der Waals surface area contributed by atoms with Crippen LogP contribution in [-0.2, 0) is 0 Å². The highest BCUT2D eigenvalue weighted by Gasteiger charge is 2.20. The maximum atomic E-state index is 2.35. The third kappa shape index (κ3) is 3.88. The van der Waals surface area contributed by atoms with E-state index in [9.17, 15) is 0 Å². The molecule has 0 atom stereocenters. The van der Waals surface area contributed by atoms with Crippen molar-refractivity contribution >= 4 is 64.6 Å². The molecule has 0 bridgehead atoms. The second kappa shape index (κ2) is 10.5. The molecule has 230 valence electrons. The van der Waals surface area contributed by atoms with E-state index in [1.165, 1.54) is 109 Å². The van der Waals surface area contributed by atoms with Gasteiger partial charge in [0.25, 0.3) is 0 Å². The average molecular weight is 631 g/mol. The predicted octanol–water partition coefficient (Wildman–Crippen LogP) is 14.1. The molecule has 11 aromatic carbocycles. The first kappa shape index (κ1) is 27.5. The molecule has 0 aliphatic rings. The van der Waals surface area contributed by atoms with Gasteiger partial charge >= 0.3 is 0 Å². The van der Waals surface area contributed by atoms with E-state index < -0.39 is 0 Å². The van der Waals surface area contributed by atoms with Crippen molar-refractivity contribution in [2.45, 2.75) is 0 Å². The van der Waals surface area contributed by atoms with Gasteiger partial charge in [0.15, 0.2) is 0 Å². The Hall–Kier alpha value is -6.50. The molecule has 0 aliphatic carbocycles. The topological polar surface area (TPSA) is 0 Å². The minimum atomic E-state index is 1.23. The van der Waals surface area contributed by atoms with Gasteiger partial charge in [0.05, 0.1) is 0 Å². The van der Waals surface area contributed by atoms with Crippen LogP contribution in [0.15, 0.2) is 182 Å². The first-order chi connectivity index (χ1) is 24.8. The Balaban J connectivity index is 1.20. The summed E-state index contributed by atoms with van der Waals surface area (Å²) in [5.74, 6) is 0. The summed E-state index contributed by atoms with van der Waals surface area (Å²) in [6.45, 7) is 0. The summed E-state index contributed by atoms with van der Waals surface area (Å²) < 4.78 is 0. The lowest BCUT2D eigenvalue weighted by atomic mass is 9.83. The summed E-state index contributed by atoms with van der Waals surface area (Å²) in [6, 6.07) is 67.6. The third-order valence-corrected chi connectivity index (χ3v) is 11.0. The molecule has 11 rings (SSSR count). The predicted molar refractivity (Wildman–Crippen MR) is 216 cm³/mol. The highest BCUT2D eigenvalue weighted by molar-refractivity contribution is 6.30. The van der Waals surface area contributed by atoms with Crippen molar-refractivity contribution in [3.05, 3.63) is 182 Å². The molecule has 50 heavy (non-hydrogen) atoms. The van der Waals surface area contributed by atoms with Crippen molar-refractivity contribution < 1.29 is 0 Å². The van der Waals surface area contributed by atoms with E-state index in [2.05, 4.69) is 182 Å². The Morgan fingerprint density at radius 1 is 0.200 bits per heavy atom. The Morgan fingerprint density at radius 2 is 0.580 bits per heavy atom. The summed E-state index contributed by atoms with van der Waals surface area (Å²) in [4.78, 5) is 0. The largest absolute Gasteiger partial charge is 0.0622 e. The second-order valence-electron chi connectivity index (χ2n) is 13.6. The van der Waals surface area contributed by atoms with Gasteiger partial charge in [-0.3, -0.25) is 0 Å². The van der Waals surface area contributed by atoms with Gasteiger partial charge in [-0.2, -0.15) is 0 Å². The van der Waals surface area contributed by atoms with Gasteiger partial charge in [0.2, 0.25) is 0 Å². The molecule has 0 radical (unpaired) electrons. The van der Waals surface area contributed by atoms with Gasteiger partial charge in [0.1, 0.15) is 0 Å². The van der Waals surface area contributed by atoms with Gasteiger partial charge < -0.3 is 0 Å². The summed E-state index contributed by atoms with van der Waals surface area (Å²) in [7, 11) is 0. The quantitative estimate of drug-likeness (QED) is 0.170. The van der Waals surface area contributed by atoms with E-state index in [-0.39, 0.29) is 0 Å². The Kier molecular flexibility index (Phi) is 5.76. The minimum absolute atomic E-state index is 1.23. The molecule has 0 fully saturated rings. The van der Waals surface area contributed by atoms with Crippen LogP contribution in [-0.4, -0.2) is 0 Å². The van der Waals surface area contributed by atoms with Crippen molar-refractivity contribution in [2.75, 3.05) is 0 Å². The van der Waals surface area contributed by atoms with Crippen LogP contribution in [0, 0.1) is 0 Å². The zero-order chi connectivity index (χ0) is 32.8. The van der Waals surface area contributed by atoms with Gasteiger partial charge in [-0.05, 0) is 109 Å². The van der Waals surface area contributed by atoms with E-state index in [4.69, 9.17) is 0 Å². The molecule has 0 N–H and O–H groups in total. The molecular formula is C50H30. The molecule has 0 spiro atoms. The maximum Gasteiger partial charge on any atom is -0.00203 e. The SMILES string of the molecule is c1ccc(-c2cccc(-c3ccc4ccc5c(-c6ccc7ccc8cccc9ccc6c7c89)ccc6ccc3c4c65)c2-c2ccccc2)cc1. The average Bonchev–Trinajstić information content (AvgIpc) is 3.19. The molecule has 0 heterocycles. The smallest absolute Gasteiger partial charge is 0.00203 e. The van der Waals surface area contributed by atoms with Crippen molar-refractivity contribution in [3.63, 3.8) is 0 Å². The van der Waals surface area contributed by atoms with Crippen LogP contribution in [0.2, 0.25) is 0 Å². The van der Waals surface area contributed by atoms with Crippen LogP contribution < -0.4 is 0 Å². The Morgan fingerprint density at radius 3 is 1.12 bits per heavy atom. The van der Waals surface area contributed by atoms with Crippen LogP contribution in [0.3, 0.4) is 0 Å². The highest BCUT2D eigenvalue weighted by Crippen LogP contribution is 2.47. The minimum Gasteiger partial charge on any atom is -0.0622 e. The van der Waals surface area contributed by atoms with Gasteiger partial charge in [-0.1, -0.05) is 182 Å².